The maximum atomic E-state index is 13.0. The molecule has 30 heavy (non-hydrogen) atoms. The van der Waals surface area contributed by atoms with Crippen LogP contribution in [0.2, 0.25) is 0 Å². The Morgan fingerprint density at radius 3 is 2.73 bits per heavy atom. The molecule has 158 valence electrons. The van der Waals surface area contributed by atoms with E-state index in [-0.39, 0.29) is 23.8 Å². The lowest BCUT2D eigenvalue weighted by Crippen LogP contribution is -2.49. The third-order valence-corrected chi connectivity index (χ3v) is 5.36. The molecule has 0 aliphatic carbocycles. The summed E-state index contributed by atoms with van der Waals surface area (Å²) in [5.41, 5.74) is 2.97. The second-order valence-corrected chi connectivity index (χ2v) is 7.64. The van der Waals surface area contributed by atoms with Crippen LogP contribution >= 0.6 is 0 Å². The van der Waals surface area contributed by atoms with E-state index in [1.165, 1.54) is 0 Å². The fourth-order valence-corrected chi connectivity index (χ4v) is 3.84. The second kappa shape index (κ2) is 9.96. The molecule has 6 heteroatoms. The van der Waals surface area contributed by atoms with Crippen LogP contribution in [0.1, 0.15) is 23.5 Å². The molecule has 0 saturated carbocycles. The van der Waals surface area contributed by atoms with Gasteiger partial charge in [0.05, 0.1) is 13.0 Å². The molecular weight excluding hydrogens is 378 g/mol. The molecule has 3 amide bonds. The number of nitrogens with zero attached hydrogens (tertiary/aromatic N) is 1. The average molecular weight is 408 g/mol. The number of amides is 3. The summed E-state index contributed by atoms with van der Waals surface area (Å²) in [5, 5.41) is 5.81. The number of benzene rings is 2. The number of methoxy groups -OCH3 is 1. The number of piperidine rings is 1. The molecule has 2 atom stereocenters. The number of urea groups is 1. The second-order valence-electron chi connectivity index (χ2n) is 7.64. The van der Waals surface area contributed by atoms with Gasteiger partial charge in [-0.2, -0.15) is 0 Å². The van der Waals surface area contributed by atoms with Crippen LogP contribution < -0.4 is 15.4 Å². The standard InChI is InChI=1S/C24H29N3O3/c1-4-11-25-23(28)20-13-19(18-8-5-7-17(2)12-18)15-27(16-20)24(29)26-21-9-6-10-22(14-21)30-3/h4-10,12,14,19-20H,1,11,13,15-16H2,2-3H3,(H,25,28)(H,26,29). The van der Waals surface area contributed by atoms with Gasteiger partial charge in [0, 0.05) is 37.3 Å². The van der Waals surface area contributed by atoms with Gasteiger partial charge in [-0.3, -0.25) is 4.79 Å². The van der Waals surface area contributed by atoms with E-state index >= 15 is 0 Å². The molecule has 0 aromatic heterocycles. The number of likely N-dealkylation sites (tertiary alicyclic amines) is 1. The van der Waals surface area contributed by atoms with Gasteiger partial charge in [0.25, 0.3) is 0 Å². The van der Waals surface area contributed by atoms with Crippen LogP contribution in [0.5, 0.6) is 5.75 Å². The number of carbonyl (C=O) groups is 2. The molecule has 2 aromatic carbocycles. The molecule has 6 nitrogen and oxygen atoms in total. The van der Waals surface area contributed by atoms with E-state index in [4.69, 9.17) is 4.74 Å². The van der Waals surface area contributed by atoms with Crippen molar-refractivity contribution in [1.82, 2.24) is 10.2 Å². The van der Waals surface area contributed by atoms with Gasteiger partial charge in [0.2, 0.25) is 5.91 Å². The molecule has 1 aliphatic rings. The van der Waals surface area contributed by atoms with E-state index in [0.29, 0.717) is 37.5 Å². The normalized spacial score (nSPS) is 18.4. The van der Waals surface area contributed by atoms with Crippen LogP contribution in [-0.4, -0.2) is 43.6 Å². The Balaban J connectivity index is 1.79. The molecule has 0 spiro atoms. The summed E-state index contributed by atoms with van der Waals surface area (Å²) < 4.78 is 5.23. The van der Waals surface area contributed by atoms with Crippen molar-refractivity contribution in [1.29, 1.82) is 0 Å². The lowest BCUT2D eigenvalue weighted by molar-refractivity contribution is -0.126. The maximum Gasteiger partial charge on any atom is 0.321 e. The van der Waals surface area contributed by atoms with Gasteiger partial charge in [-0.05, 0) is 31.0 Å². The number of rotatable bonds is 6. The Labute approximate surface area is 177 Å². The molecule has 2 N–H and O–H groups in total. The highest BCUT2D eigenvalue weighted by Crippen LogP contribution is 2.31. The van der Waals surface area contributed by atoms with Gasteiger partial charge in [-0.25, -0.2) is 4.79 Å². The molecule has 0 radical (unpaired) electrons. The predicted octanol–water partition coefficient (Wildman–Crippen LogP) is 3.94. The fraction of sp³-hybridized carbons (Fsp3) is 0.333. The third kappa shape index (κ3) is 5.41. The van der Waals surface area contributed by atoms with E-state index in [1.54, 1.807) is 24.2 Å². The van der Waals surface area contributed by atoms with Gasteiger partial charge in [-0.1, -0.05) is 42.0 Å². The van der Waals surface area contributed by atoms with E-state index in [9.17, 15) is 9.59 Å². The van der Waals surface area contributed by atoms with Crippen molar-refractivity contribution in [2.45, 2.75) is 19.3 Å². The zero-order valence-electron chi connectivity index (χ0n) is 17.6. The molecular formula is C24H29N3O3. The van der Waals surface area contributed by atoms with Crippen LogP contribution in [0.25, 0.3) is 0 Å². The number of carbonyl (C=O) groups excluding carboxylic acids is 2. The van der Waals surface area contributed by atoms with Crippen LogP contribution in [0, 0.1) is 12.8 Å². The van der Waals surface area contributed by atoms with Crippen molar-refractivity contribution < 1.29 is 14.3 Å². The highest BCUT2D eigenvalue weighted by molar-refractivity contribution is 5.90. The van der Waals surface area contributed by atoms with Gasteiger partial charge in [-0.15, -0.1) is 6.58 Å². The molecule has 1 saturated heterocycles. The van der Waals surface area contributed by atoms with Crippen molar-refractivity contribution in [3.05, 3.63) is 72.3 Å². The minimum absolute atomic E-state index is 0.0496. The zero-order valence-corrected chi connectivity index (χ0v) is 17.6. The summed E-state index contributed by atoms with van der Waals surface area (Å²) in [6, 6.07) is 15.3. The Bertz CT molecular complexity index is 912. The number of hydrogen-bond acceptors (Lipinski definition) is 3. The van der Waals surface area contributed by atoms with Crippen molar-refractivity contribution in [3.63, 3.8) is 0 Å². The van der Waals surface area contributed by atoms with Crippen LogP contribution in [0.3, 0.4) is 0 Å². The highest BCUT2D eigenvalue weighted by Gasteiger charge is 2.34. The minimum atomic E-state index is -0.278. The highest BCUT2D eigenvalue weighted by atomic mass is 16.5. The maximum absolute atomic E-state index is 13.0. The third-order valence-electron chi connectivity index (χ3n) is 5.36. The first kappa shape index (κ1) is 21.4. The Hall–Kier alpha value is -3.28. The minimum Gasteiger partial charge on any atom is -0.497 e. The van der Waals surface area contributed by atoms with Gasteiger partial charge >= 0.3 is 6.03 Å². The topological polar surface area (TPSA) is 70.7 Å². The predicted molar refractivity (Wildman–Crippen MR) is 119 cm³/mol. The molecule has 1 heterocycles. The molecule has 1 fully saturated rings. The van der Waals surface area contributed by atoms with Crippen molar-refractivity contribution in [2.24, 2.45) is 5.92 Å². The fourth-order valence-electron chi connectivity index (χ4n) is 3.84. The first-order valence-corrected chi connectivity index (χ1v) is 10.1. The smallest absolute Gasteiger partial charge is 0.321 e. The summed E-state index contributed by atoms with van der Waals surface area (Å²) in [6.45, 7) is 7.06. The lowest BCUT2D eigenvalue weighted by atomic mass is 9.83. The Morgan fingerprint density at radius 2 is 2.00 bits per heavy atom. The van der Waals surface area contributed by atoms with Crippen LogP contribution in [0.15, 0.2) is 61.2 Å². The summed E-state index contributed by atoms with van der Waals surface area (Å²) >= 11 is 0. The quantitative estimate of drug-likeness (QED) is 0.713. The Kier molecular flexibility index (Phi) is 7.12. The summed E-state index contributed by atoms with van der Waals surface area (Å²) in [6.07, 6.45) is 2.36. The summed E-state index contributed by atoms with van der Waals surface area (Å²) in [4.78, 5) is 27.4. The molecule has 3 rings (SSSR count). The van der Waals surface area contributed by atoms with E-state index in [0.717, 1.165) is 11.1 Å². The molecule has 2 unspecified atom stereocenters. The average Bonchev–Trinajstić information content (AvgIpc) is 2.77. The van der Waals surface area contributed by atoms with Crippen molar-refractivity contribution in [2.75, 3.05) is 32.1 Å². The van der Waals surface area contributed by atoms with Crippen molar-refractivity contribution >= 4 is 17.6 Å². The van der Waals surface area contributed by atoms with Gasteiger partial charge in [0.1, 0.15) is 5.75 Å². The lowest BCUT2D eigenvalue weighted by Gasteiger charge is -2.37. The van der Waals surface area contributed by atoms with Gasteiger partial charge < -0.3 is 20.3 Å². The van der Waals surface area contributed by atoms with Crippen LogP contribution in [0.4, 0.5) is 10.5 Å². The largest absolute Gasteiger partial charge is 0.497 e. The van der Waals surface area contributed by atoms with Crippen molar-refractivity contribution in [3.8, 4) is 5.75 Å². The van der Waals surface area contributed by atoms with E-state index in [2.05, 4.69) is 29.3 Å². The number of nitrogens with one attached hydrogen (secondary N) is 2. The zero-order chi connectivity index (χ0) is 21.5. The molecule has 0 bridgehead atoms. The Morgan fingerprint density at radius 1 is 1.20 bits per heavy atom. The molecule has 1 aliphatic heterocycles. The molecule has 2 aromatic rings. The SMILES string of the molecule is C=CCNC(=O)C1CC(c2cccc(C)c2)CN(C(=O)Nc2cccc(OC)c2)C1. The van der Waals surface area contributed by atoms with E-state index in [1.807, 2.05) is 37.3 Å². The summed E-state index contributed by atoms with van der Waals surface area (Å²) in [7, 11) is 1.59. The monoisotopic (exact) mass is 407 g/mol. The first-order valence-electron chi connectivity index (χ1n) is 10.1. The summed E-state index contributed by atoms with van der Waals surface area (Å²) in [5.74, 6) is 0.437. The number of ether oxygens (including phenoxy) is 1. The van der Waals surface area contributed by atoms with Crippen LogP contribution in [-0.2, 0) is 4.79 Å². The number of hydrogen-bond donors (Lipinski definition) is 2. The van der Waals surface area contributed by atoms with E-state index < -0.39 is 0 Å². The number of anilines is 1. The number of aryl methyl sites for hydroxylation is 1. The van der Waals surface area contributed by atoms with Gasteiger partial charge in [0.15, 0.2) is 0 Å². The first-order chi connectivity index (χ1) is 14.5.